The first-order chi connectivity index (χ1) is 15.3. The van der Waals surface area contributed by atoms with Gasteiger partial charge in [0.05, 0.1) is 16.5 Å². The van der Waals surface area contributed by atoms with Crippen LogP contribution in [0.4, 0.5) is 18.9 Å². The molecular formula is C23H22F3N5S. The van der Waals surface area contributed by atoms with Gasteiger partial charge in [0.25, 0.3) is 0 Å². The molecule has 166 valence electrons. The number of aromatic nitrogens is 1. The maximum Gasteiger partial charge on any atom is 0.429 e. The van der Waals surface area contributed by atoms with Crippen LogP contribution in [-0.2, 0) is 5.41 Å². The summed E-state index contributed by atoms with van der Waals surface area (Å²) in [4.78, 5) is 13.2. The number of allylic oxidation sites excluding steroid dienone is 1. The Balaban J connectivity index is 1.63. The van der Waals surface area contributed by atoms with Crippen molar-refractivity contribution >= 4 is 28.7 Å². The normalized spacial score (nSPS) is 18.3. The van der Waals surface area contributed by atoms with E-state index in [2.05, 4.69) is 32.9 Å². The van der Waals surface area contributed by atoms with Crippen molar-refractivity contribution < 1.29 is 13.2 Å². The minimum absolute atomic E-state index is 0.00726. The summed E-state index contributed by atoms with van der Waals surface area (Å²) in [6.45, 7) is 4.06. The molecule has 5 nitrogen and oxygen atoms in total. The lowest BCUT2D eigenvalue weighted by Crippen LogP contribution is -2.29. The first kappa shape index (κ1) is 22.2. The second-order valence-electron chi connectivity index (χ2n) is 8.00. The molecule has 9 heteroatoms. The molecule has 4 rings (SSSR count). The van der Waals surface area contributed by atoms with Crippen LogP contribution >= 0.6 is 11.3 Å². The molecule has 2 heterocycles. The highest BCUT2D eigenvalue weighted by molar-refractivity contribution is 7.15. The van der Waals surface area contributed by atoms with Crippen molar-refractivity contribution in [2.75, 3.05) is 11.9 Å². The fourth-order valence-electron chi connectivity index (χ4n) is 4.12. The summed E-state index contributed by atoms with van der Waals surface area (Å²) >= 11 is 1.57. The number of benzene rings is 1. The molecule has 1 N–H and O–H groups in total. The second-order valence-corrected chi connectivity index (χ2v) is 9.03. The van der Waals surface area contributed by atoms with Crippen LogP contribution in [0.25, 0.3) is 10.4 Å². The number of hydrogen-bond donors (Lipinski definition) is 1. The number of nitrogens with one attached hydrogen (secondary N) is 1. The summed E-state index contributed by atoms with van der Waals surface area (Å²) < 4.78 is 39.0. The molecule has 0 saturated heterocycles. The second kappa shape index (κ2) is 8.87. The Morgan fingerprint density at radius 1 is 1.19 bits per heavy atom. The van der Waals surface area contributed by atoms with Gasteiger partial charge < -0.3 is 5.32 Å². The fourth-order valence-corrected chi connectivity index (χ4v) is 5.27. The van der Waals surface area contributed by atoms with Crippen LogP contribution in [0, 0.1) is 11.3 Å². The van der Waals surface area contributed by atoms with E-state index < -0.39 is 11.9 Å². The number of hydrogen-bond acceptors (Lipinski definition) is 6. The molecular weight excluding hydrogens is 435 g/mol. The summed E-state index contributed by atoms with van der Waals surface area (Å²) in [5, 5.41) is 13.3. The smallest absolute Gasteiger partial charge is 0.324 e. The zero-order valence-electron chi connectivity index (χ0n) is 17.4. The van der Waals surface area contributed by atoms with E-state index in [0.29, 0.717) is 11.3 Å². The number of aliphatic imine (C=N–C) groups is 2. The highest BCUT2D eigenvalue weighted by atomic mass is 32.1. The number of thiazole rings is 1. The van der Waals surface area contributed by atoms with E-state index in [1.54, 1.807) is 35.7 Å². The zero-order valence-corrected chi connectivity index (χ0v) is 18.2. The highest BCUT2D eigenvalue weighted by Gasteiger charge is 2.36. The van der Waals surface area contributed by atoms with E-state index in [1.165, 1.54) is 6.42 Å². The van der Waals surface area contributed by atoms with Gasteiger partial charge in [-0.2, -0.15) is 18.4 Å². The standard InChI is InChI=1S/C23H22F3N5S/c1-2-22(7-4-3-5-8-22)20-29-14-18(32-20)16-10-15(13-27)11-17(12-16)30-21-28-9-6-19(31-21)23(24,25)26/h2,10-12,14H,1,3-9H2,(H,28,30). The Labute approximate surface area is 188 Å². The lowest BCUT2D eigenvalue weighted by molar-refractivity contribution is -0.0603. The number of halogens is 3. The molecule has 0 radical (unpaired) electrons. The largest absolute Gasteiger partial charge is 0.429 e. The number of nitrogens with zero attached hydrogens (tertiary/aromatic N) is 4. The van der Waals surface area contributed by atoms with Gasteiger partial charge in [0.2, 0.25) is 5.96 Å². The molecule has 0 bridgehead atoms. The van der Waals surface area contributed by atoms with Crippen LogP contribution in [0.15, 0.2) is 47.0 Å². The van der Waals surface area contributed by atoms with Gasteiger partial charge in [-0.3, -0.25) is 4.99 Å². The number of nitriles is 1. The number of anilines is 1. The van der Waals surface area contributed by atoms with Gasteiger partial charge >= 0.3 is 6.18 Å². The van der Waals surface area contributed by atoms with Gasteiger partial charge in [0, 0.05) is 30.3 Å². The van der Waals surface area contributed by atoms with E-state index in [4.69, 9.17) is 0 Å². The predicted molar refractivity (Wildman–Crippen MR) is 121 cm³/mol. The monoisotopic (exact) mass is 457 g/mol. The van der Waals surface area contributed by atoms with Gasteiger partial charge in [-0.05, 0) is 36.6 Å². The molecule has 32 heavy (non-hydrogen) atoms. The van der Waals surface area contributed by atoms with E-state index in [-0.39, 0.29) is 24.3 Å². The first-order valence-corrected chi connectivity index (χ1v) is 11.3. The number of alkyl halides is 3. The molecule has 0 atom stereocenters. The third kappa shape index (κ3) is 4.60. The minimum atomic E-state index is -4.48. The summed E-state index contributed by atoms with van der Waals surface area (Å²) in [5.74, 6) is -0.109. The maximum absolute atomic E-state index is 13.0. The van der Waals surface area contributed by atoms with Crippen molar-refractivity contribution in [3.05, 3.63) is 47.6 Å². The number of guanidine groups is 1. The highest BCUT2D eigenvalue weighted by Crippen LogP contribution is 2.43. The minimum Gasteiger partial charge on any atom is -0.324 e. The first-order valence-electron chi connectivity index (χ1n) is 10.4. The molecule has 0 spiro atoms. The fraction of sp³-hybridized carbons (Fsp3) is 0.391. The van der Waals surface area contributed by atoms with Crippen molar-refractivity contribution in [2.45, 2.75) is 50.1 Å². The van der Waals surface area contributed by atoms with Crippen molar-refractivity contribution in [3.63, 3.8) is 0 Å². The Morgan fingerprint density at radius 3 is 2.66 bits per heavy atom. The van der Waals surface area contributed by atoms with Crippen molar-refractivity contribution in [2.24, 2.45) is 9.98 Å². The SMILES string of the molecule is C=CC1(c2ncc(-c3cc(C#N)cc(NC4=NCCC(C(F)(F)F)=N4)c3)s2)CCCCC1. The quantitative estimate of drug-likeness (QED) is 0.552. The predicted octanol–water partition coefficient (Wildman–Crippen LogP) is 6.24. The van der Waals surface area contributed by atoms with Crippen LogP contribution < -0.4 is 5.32 Å². The topological polar surface area (TPSA) is 73.4 Å². The molecule has 1 aromatic heterocycles. The average molecular weight is 458 g/mol. The van der Waals surface area contributed by atoms with Gasteiger partial charge in [-0.1, -0.05) is 25.3 Å². The molecule has 1 fully saturated rings. The third-order valence-corrected chi connectivity index (χ3v) is 7.12. The van der Waals surface area contributed by atoms with Crippen molar-refractivity contribution in [3.8, 4) is 16.5 Å². The Kier molecular flexibility index (Phi) is 6.15. The van der Waals surface area contributed by atoms with Crippen molar-refractivity contribution in [1.82, 2.24) is 4.98 Å². The molecule has 1 saturated carbocycles. The van der Waals surface area contributed by atoms with E-state index in [1.807, 2.05) is 6.08 Å². The van der Waals surface area contributed by atoms with Gasteiger partial charge in [0.1, 0.15) is 10.7 Å². The summed E-state index contributed by atoms with van der Waals surface area (Å²) in [6.07, 6.45) is 4.61. The molecule has 1 aromatic carbocycles. The summed E-state index contributed by atoms with van der Waals surface area (Å²) in [6, 6.07) is 7.20. The maximum atomic E-state index is 13.0. The molecule has 1 aliphatic heterocycles. The Bertz CT molecular complexity index is 1120. The summed E-state index contributed by atoms with van der Waals surface area (Å²) in [5.41, 5.74) is 0.625. The van der Waals surface area contributed by atoms with Crippen LogP contribution in [0.5, 0.6) is 0 Å². The van der Waals surface area contributed by atoms with E-state index in [0.717, 1.165) is 41.1 Å². The third-order valence-electron chi connectivity index (χ3n) is 5.85. The molecule has 0 unspecified atom stereocenters. The molecule has 2 aliphatic rings. The summed E-state index contributed by atoms with van der Waals surface area (Å²) in [7, 11) is 0. The van der Waals surface area contributed by atoms with Crippen LogP contribution in [-0.4, -0.2) is 29.4 Å². The van der Waals surface area contributed by atoms with Crippen LogP contribution in [0.2, 0.25) is 0 Å². The molecule has 1 aliphatic carbocycles. The molecule has 0 amide bonds. The van der Waals surface area contributed by atoms with Crippen LogP contribution in [0.1, 0.15) is 49.1 Å². The Morgan fingerprint density at radius 2 is 1.97 bits per heavy atom. The average Bonchev–Trinajstić information content (AvgIpc) is 3.30. The molecule has 2 aromatic rings. The van der Waals surface area contributed by atoms with Gasteiger partial charge in [-0.25, -0.2) is 9.98 Å². The van der Waals surface area contributed by atoms with E-state index in [9.17, 15) is 18.4 Å². The van der Waals surface area contributed by atoms with Gasteiger partial charge in [0.15, 0.2) is 0 Å². The van der Waals surface area contributed by atoms with Crippen molar-refractivity contribution in [1.29, 1.82) is 5.26 Å². The van der Waals surface area contributed by atoms with Gasteiger partial charge in [-0.15, -0.1) is 17.9 Å². The number of rotatable bonds is 4. The Hall–Kier alpha value is -2.99. The van der Waals surface area contributed by atoms with E-state index >= 15 is 0 Å². The van der Waals surface area contributed by atoms with Crippen LogP contribution in [0.3, 0.4) is 0 Å². The lowest BCUT2D eigenvalue weighted by Gasteiger charge is -2.32. The lowest BCUT2D eigenvalue weighted by atomic mass is 9.75. The zero-order chi connectivity index (χ0) is 22.8.